The summed E-state index contributed by atoms with van der Waals surface area (Å²) in [6.45, 7) is 49.9. The van der Waals surface area contributed by atoms with Crippen molar-refractivity contribution in [3.63, 3.8) is 0 Å². The van der Waals surface area contributed by atoms with Gasteiger partial charge in [-0.15, -0.1) is 0 Å². The van der Waals surface area contributed by atoms with Crippen LogP contribution in [0.2, 0.25) is 78.6 Å². The van der Waals surface area contributed by atoms with Crippen LogP contribution in [0.25, 0.3) is 0 Å². The quantitative estimate of drug-likeness (QED) is 0.237. The highest BCUT2D eigenvalue weighted by atomic mass is 28.4. The molecular weight excluding hydrogens is 568 g/mol. The molecule has 0 heterocycles. The van der Waals surface area contributed by atoms with Crippen molar-refractivity contribution in [3.8, 4) is 0 Å². The Kier molecular flexibility index (Phi) is 11.7. The van der Waals surface area contributed by atoms with Crippen LogP contribution in [-0.4, -0.2) is 68.8 Å². The lowest BCUT2D eigenvalue weighted by atomic mass is 8.86. The molecule has 0 aromatic heterocycles. The second kappa shape index (κ2) is 13.1. The summed E-state index contributed by atoms with van der Waals surface area (Å²) in [5, 5.41) is 0. The molecule has 0 spiro atoms. The molecule has 0 N–H and O–H groups in total. The van der Waals surface area contributed by atoms with Crippen molar-refractivity contribution in [2.45, 2.75) is 134 Å². The Morgan fingerprint density at radius 2 is 0.595 bits per heavy atom. The fourth-order valence-corrected chi connectivity index (χ4v) is 25.9. The van der Waals surface area contributed by atoms with Crippen molar-refractivity contribution in [2.75, 3.05) is 0 Å². The van der Waals surface area contributed by atoms with Crippen LogP contribution in [0.15, 0.2) is 12.1 Å². The minimum Gasteiger partial charge on any atom is -0.399 e. The minimum absolute atomic E-state index is 0.260. The van der Waals surface area contributed by atoms with Gasteiger partial charge in [-0.1, -0.05) is 124 Å². The fraction of sp³-hybridized carbons (Fsp3) is 0.625. The van der Waals surface area contributed by atoms with E-state index in [0.29, 0.717) is 0 Å². The van der Waals surface area contributed by atoms with E-state index in [1.807, 2.05) is 0 Å². The van der Waals surface area contributed by atoms with Gasteiger partial charge >= 0.3 is 0 Å². The molecule has 0 aliphatic heterocycles. The van der Waals surface area contributed by atoms with Crippen LogP contribution in [0.3, 0.4) is 0 Å². The van der Waals surface area contributed by atoms with E-state index in [1.165, 1.54) is 44.5 Å². The molecule has 2 nitrogen and oxygen atoms in total. The lowest BCUT2D eigenvalue weighted by Gasteiger charge is -2.49. The van der Waals surface area contributed by atoms with E-state index in [2.05, 4.69) is 169 Å². The van der Waals surface area contributed by atoms with Crippen molar-refractivity contribution in [1.82, 2.24) is 8.28 Å². The number of hydrogen-bond acceptors (Lipinski definition) is 2. The van der Waals surface area contributed by atoms with Gasteiger partial charge in [0.2, 0.25) is 0 Å². The van der Waals surface area contributed by atoms with E-state index in [4.69, 9.17) is 0 Å². The molecule has 0 atom stereocenters. The monoisotopic (exact) mass is 630 g/mol. The molecule has 2 aromatic carbocycles. The summed E-state index contributed by atoms with van der Waals surface area (Å²) in [7, 11) is -1.09. The van der Waals surface area contributed by atoms with Gasteiger partial charge in [-0.05, 0) is 77.6 Å². The summed E-state index contributed by atoms with van der Waals surface area (Å²) in [5.41, 5.74) is 14.6. The summed E-state index contributed by atoms with van der Waals surface area (Å²) in [6.07, 6.45) is 0. The summed E-state index contributed by atoms with van der Waals surface area (Å²) in [5.74, 6) is 0. The zero-order valence-electron chi connectivity index (χ0n) is 31.4. The molecule has 0 bridgehead atoms. The van der Waals surface area contributed by atoms with E-state index in [1.54, 1.807) is 10.9 Å². The van der Waals surface area contributed by atoms with E-state index >= 15 is 0 Å². The largest absolute Gasteiger partial charge is 0.399 e. The van der Waals surface area contributed by atoms with Gasteiger partial charge in [-0.3, -0.25) is 0 Å². The minimum atomic E-state index is -1.66. The molecule has 0 unspecified atom stereocenters. The second-order valence-electron chi connectivity index (χ2n) is 17.1. The third-order valence-corrected chi connectivity index (χ3v) is 23.8. The molecule has 0 amide bonds. The van der Waals surface area contributed by atoms with Crippen molar-refractivity contribution in [2.24, 2.45) is 0 Å². The van der Waals surface area contributed by atoms with Gasteiger partial charge < -0.3 is 8.28 Å². The number of benzene rings is 2. The molecule has 0 fully saturated rings. The lowest BCUT2D eigenvalue weighted by Crippen LogP contribution is -2.75. The summed E-state index contributed by atoms with van der Waals surface area (Å²) in [4.78, 5) is 0. The third-order valence-electron chi connectivity index (χ3n) is 9.41. The maximum atomic E-state index is 2.93. The van der Waals surface area contributed by atoms with Gasteiger partial charge in [0, 0.05) is 0 Å². The first-order valence-electron chi connectivity index (χ1n) is 16.1. The standard InChI is InChI=1S/C32H62B4N2Si4/c1-23-21-24(2)28(6)31(27(23)5)35(33-37(39(9,10)11)40(12,13)14)36(34-38(41(15,16)17)42(18,19)20)32-29(7)25(3)22-26(4)30(32)8/h21-22H,1-20H3. The SMILES string of the molecule is Cc1cc(C)c(C)c(B([B]N([Si](C)(C)C)[Si](C)(C)C)B([B]N([Si](C)(C)C)[Si](C)(C)C)c2c(C)c(C)cc(C)c2C)c1C. The van der Waals surface area contributed by atoms with Crippen LogP contribution in [-0.2, 0) is 0 Å². The average Bonchev–Trinajstić information content (AvgIpc) is 2.77. The Balaban J connectivity index is 3.17. The van der Waals surface area contributed by atoms with Crippen molar-refractivity contribution in [1.29, 1.82) is 0 Å². The van der Waals surface area contributed by atoms with Crippen LogP contribution in [0.1, 0.15) is 44.5 Å². The van der Waals surface area contributed by atoms with E-state index < -0.39 is 32.9 Å². The third kappa shape index (κ3) is 8.39. The summed E-state index contributed by atoms with van der Waals surface area (Å²) >= 11 is 0. The van der Waals surface area contributed by atoms with Crippen LogP contribution < -0.4 is 10.9 Å². The van der Waals surface area contributed by atoms with Crippen molar-refractivity contribution < 1.29 is 0 Å². The van der Waals surface area contributed by atoms with Gasteiger partial charge in [0.1, 0.15) is 60.5 Å². The summed E-state index contributed by atoms with van der Waals surface area (Å²) < 4.78 is 5.87. The molecule has 228 valence electrons. The summed E-state index contributed by atoms with van der Waals surface area (Å²) in [6, 6.07) is 4.81. The Labute approximate surface area is 269 Å². The Bertz CT molecular complexity index is 1110. The zero-order chi connectivity index (χ0) is 32.9. The zero-order valence-corrected chi connectivity index (χ0v) is 35.4. The maximum absolute atomic E-state index is 2.93. The number of aryl methyl sites for hydroxylation is 4. The molecule has 2 rings (SSSR count). The van der Waals surface area contributed by atoms with Gasteiger partial charge in [-0.25, -0.2) is 0 Å². The first-order valence-corrected chi connectivity index (χ1v) is 29.9. The van der Waals surface area contributed by atoms with E-state index in [-0.39, 0.29) is 13.0 Å². The van der Waals surface area contributed by atoms with Gasteiger partial charge in [0.05, 0.1) is 0 Å². The molecule has 0 saturated carbocycles. The highest BCUT2D eigenvalue weighted by Gasteiger charge is 2.46. The Morgan fingerprint density at radius 3 is 0.762 bits per heavy atom. The van der Waals surface area contributed by atoms with Crippen molar-refractivity contribution in [3.05, 3.63) is 56.6 Å². The molecule has 2 radical (unpaired) electrons. The molecule has 42 heavy (non-hydrogen) atoms. The molecular formula is C32H62B4N2Si4. The van der Waals surface area contributed by atoms with Crippen molar-refractivity contribution >= 4 is 71.5 Å². The van der Waals surface area contributed by atoms with E-state index in [0.717, 1.165) is 0 Å². The molecule has 0 aliphatic rings. The smallest absolute Gasteiger partial charge is 0.149 e. The van der Waals surface area contributed by atoms with Gasteiger partial charge in [-0.2, -0.15) is 0 Å². The lowest BCUT2D eigenvalue weighted by molar-refractivity contribution is 0.963. The van der Waals surface area contributed by atoms with Crippen LogP contribution in [0, 0.1) is 55.4 Å². The van der Waals surface area contributed by atoms with Crippen LogP contribution in [0.4, 0.5) is 0 Å². The second-order valence-corrected chi connectivity index (χ2v) is 37.3. The predicted molar refractivity (Wildman–Crippen MR) is 210 cm³/mol. The first kappa shape index (κ1) is 37.7. The topological polar surface area (TPSA) is 6.48 Å². The highest BCUT2D eigenvalue weighted by Crippen LogP contribution is 2.25. The Morgan fingerprint density at radius 1 is 0.405 bits per heavy atom. The maximum Gasteiger partial charge on any atom is 0.149 e. The Hall–Kier alpha value is -0.513. The van der Waals surface area contributed by atoms with E-state index in [9.17, 15) is 0 Å². The van der Waals surface area contributed by atoms with Crippen LogP contribution >= 0.6 is 0 Å². The highest BCUT2D eigenvalue weighted by molar-refractivity contribution is 7.66. The normalized spacial score (nSPS) is 13.2. The van der Waals surface area contributed by atoms with Crippen LogP contribution in [0.5, 0.6) is 0 Å². The van der Waals surface area contributed by atoms with Gasteiger partial charge in [0.25, 0.3) is 0 Å². The number of rotatable bonds is 11. The molecule has 0 saturated heterocycles. The molecule has 0 aliphatic carbocycles. The number of hydrogen-bond donors (Lipinski definition) is 0. The number of nitrogens with zero attached hydrogens (tertiary/aromatic N) is 2. The molecule has 2 aromatic rings. The average molecular weight is 630 g/mol. The molecule has 10 heteroatoms. The fourth-order valence-electron chi connectivity index (χ4n) is 7.42. The van der Waals surface area contributed by atoms with Gasteiger partial charge in [0.15, 0.2) is 0 Å². The first-order chi connectivity index (χ1) is 18.7. The predicted octanol–water partition coefficient (Wildman–Crippen LogP) is 7.51.